The van der Waals surface area contributed by atoms with Gasteiger partial charge in [-0.2, -0.15) is 0 Å². The average molecular weight is 242 g/mol. The van der Waals surface area contributed by atoms with Crippen LogP contribution >= 0.6 is 0 Å². The summed E-state index contributed by atoms with van der Waals surface area (Å²) in [4.78, 5) is 13.7. The first-order valence-electron chi connectivity index (χ1n) is 6.23. The lowest BCUT2D eigenvalue weighted by molar-refractivity contribution is -0.0584. The number of hydrogen-bond acceptors (Lipinski definition) is 4. The molecule has 1 amide bonds. The molecular weight excluding hydrogens is 220 g/mol. The Kier molecular flexibility index (Phi) is 3.32. The van der Waals surface area contributed by atoms with E-state index in [0.717, 1.165) is 32.7 Å². The predicted octanol–water partition coefficient (Wildman–Crippen LogP) is 0.986. The third-order valence-corrected chi connectivity index (χ3v) is 3.10. The number of carbonyl (C=O) groups excluding carboxylic acids is 1. The smallest absolute Gasteiger partial charge is 0.410 e. The van der Waals surface area contributed by atoms with Crippen LogP contribution in [0.1, 0.15) is 27.2 Å². The molecule has 0 aromatic carbocycles. The molecule has 0 radical (unpaired) electrons. The van der Waals surface area contributed by atoms with Crippen LogP contribution in [0, 0.1) is 0 Å². The number of amides is 1. The van der Waals surface area contributed by atoms with Gasteiger partial charge in [-0.3, -0.25) is 0 Å². The first-order valence-corrected chi connectivity index (χ1v) is 6.23. The van der Waals surface area contributed by atoms with Crippen LogP contribution in [0.4, 0.5) is 4.79 Å². The molecule has 2 aliphatic heterocycles. The van der Waals surface area contributed by atoms with Gasteiger partial charge in [-0.1, -0.05) is 0 Å². The molecule has 0 aromatic heterocycles. The second-order valence-electron chi connectivity index (χ2n) is 5.86. The van der Waals surface area contributed by atoms with Crippen LogP contribution in [0.5, 0.6) is 0 Å². The van der Waals surface area contributed by atoms with Crippen molar-refractivity contribution in [2.45, 2.75) is 38.4 Å². The number of morpholine rings is 1. The highest BCUT2D eigenvalue weighted by Gasteiger charge is 2.43. The maximum Gasteiger partial charge on any atom is 0.410 e. The Labute approximate surface area is 102 Å². The van der Waals surface area contributed by atoms with E-state index in [1.807, 2.05) is 20.8 Å². The second-order valence-corrected chi connectivity index (χ2v) is 5.86. The van der Waals surface area contributed by atoms with Gasteiger partial charge in [-0.05, 0) is 27.2 Å². The van der Waals surface area contributed by atoms with Crippen molar-refractivity contribution in [3.05, 3.63) is 0 Å². The molecule has 0 aliphatic carbocycles. The number of likely N-dealkylation sites (tertiary alicyclic amines) is 1. The number of hydrogen-bond donors (Lipinski definition) is 1. The molecule has 0 aromatic rings. The fourth-order valence-electron chi connectivity index (χ4n) is 2.30. The molecule has 2 aliphatic rings. The summed E-state index contributed by atoms with van der Waals surface area (Å²) in [5.41, 5.74) is -0.617. The molecule has 1 N–H and O–H groups in total. The summed E-state index contributed by atoms with van der Waals surface area (Å²) >= 11 is 0. The first-order chi connectivity index (χ1) is 7.90. The van der Waals surface area contributed by atoms with Crippen LogP contribution < -0.4 is 5.32 Å². The Morgan fingerprint density at radius 1 is 1.47 bits per heavy atom. The highest BCUT2D eigenvalue weighted by Crippen LogP contribution is 2.27. The van der Waals surface area contributed by atoms with Gasteiger partial charge in [-0.15, -0.1) is 0 Å². The minimum atomic E-state index is -0.432. The van der Waals surface area contributed by atoms with E-state index >= 15 is 0 Å². The molecule has 1 spiro atoms. The number of nitrogens with one attached hydrogen (secondary N) is 1. The third kappa shape index (κ3) is 3.10. The van der Waals surface area contributed by atoms with Crippen molar-refractivity contribution in [1.82, 2.24) is 10.2 Å². The van der Waals surface area contributed by atoms with Crippen LogP contribution in [0.25, 0.3) is 0 Å². The van der Waals surface area contributed by atoms with E-state index in [1.165, 1.54) is 0 Å². The van der Waals surface area contributed by atoms with Gasteiger partial charge in [0, 0.05) is 19.6 Å². The van der Waals surface area contributed by atoms with E-state index in [4.69, 9.17) is 9.47 Å². The first kappa shape index (κ1) is 12.6. The van der Waals surface area contributed by atoms with Crippen LogP contribution in [-0.2, 0) is 9.47 Å². The maximum atomic E-state index is 11.9. The molecule has 5 nitrogen and oxygen atoms in total. The highest BCUT2D eigenvalue weighted by atomic mass is 16.6. The molecule has 2 rings (SSSR count). The zero-order valence-electron chi connectivity index (χ0n) is 10.9. The summed E-state index contributed by atoms with van der Waals surface area (Å²) in [5, 5.41) is 3.32. The molecule has 2 heterocycles. The molecule has 1 unspecified atom stereocenters. The second kappa shape index (κ2) is 4.46. The standard InChI is InChI=1S/C12H22N2O3/c1-11(2,3)17-10(15)14-6-4-12(9-14)8-13-5-7-16-12/h13H,4-9H2,1-3H3. The summed E-state index contributed by atoms with van der Waals surface area (Å²) < 4.78 is 11.2. The Bertz CT molecular complexity index is 293. The van der Waals surface area contributed by atoms with Gasteiger partial charge in [0.1, 0.15) is 5.60 Å². The highest BCUT2D eigenvalue weighted by molar-refractivity contribution is 5.68. The zero-order chi connectivity index (χ0) is 12.5. The van der Waals surface area contributed by atoms with Crippen molar-refractivity contribution < 1.29 is 14.3 Å². The SMILES string of the molecule is CC(C)(C)OC(=O)N1CCC2(CNCCO2)C1. The summed E-state index contributed by atoms with van der Waals surface area (Å²) in [6.45, 7) is 9.45. The lowest BCUT2D eigenvalue weighted by atomic mass is 10.0. The normalized spacial score (nSPS) is 29.7. The Morgan fingerprint density at radius 3 is 2.82 bits per heavy atom. The molecule has 2 fully saturated rings. The summed E-state index contributed by atoms with van der Waals surface area (Å²) in [6, 6.07) is 0. The Balaban J connectivity index is 1.91. The summed E-state index contributed by atoms with van der Waals surface area (Å²) in [7, 11) is 0. The fourth-order valence-corrected chi connectivity index (χ4v) is 2.30. The van der Waals surface area contributed by atoms with Crippen LogP contribution in [-0.4, -0.2) is 55.0 Å². The summed E-state index contributed by atoms with van der Waals surface area (Å²) in [6.07, 6.45) is 0.655. The molecule has 5 heteroatoms. The average Bonchev–Trinajstić information content (AvgIpc) is 2.61. The Morgan fingerprint density at radius 2 is 2.24 bits per heavy atom. The van der Waals surface area contributed by atoms with Gasteiger partial charge in [0.05, 0.1) is 18.8 Å². The van der Waals surface area contributed by atoms with Crippen LogP contribution in [0.15, 0.2) is 0 Å². The van der Waals surface area contributed by atoms with Crippen molar-refractivity contribution in [2.75, 3.05) is 32.8 Å². The van der Waals surface area contributed by atoms with E-state index in [1.54, 1.807) is 4.90 Å². The van der Waals surface area contributed by atoms with Crippen LogP contribution in [0.3, 0.4) is 0 Å². The minimum absolute atomic E-state index is 0.185. The number of carbonyl (C=O) groups is 1. The molecular formula is C12H22N2O3. The van der Waals surface area contributed by atoms with Gasteiger partial charge in [0.2, 0.25) is 0 Å². The van der Waals surface area contributed by atoms with Crippen molar-refractivity contribution in [3.8, 4) is 0 Å². The van der Waals surface area contributed by atoms with Gasteiger partial charge in [-0.25, -0.2) is 4.79 Å². The van der Waals surface area contributed by atoms with Gasteiger partial charge >= 0.3 is 6.09 Å². The zero-order valence-corrected chi connectivity index (χ0v) is 10.9. The molecule has 0 bridgehead atoms. The Hall–Kier alpha value is -0.810. The number of nitrogens with zero attached hydrogens (tertiary/aromatic N) is 1. The molecule has 2 saturated heterocycles. The van der Waals surface area contributed by atoms with Gasteiger partial charge in [0.15, 0.2) is 0 Å². The number of ether oxygens (including phenoxy) is 2. The van der Waals surface area contributed by atoms with Crippen LogP contribution in [0.2, 0.25) is 0 Å². The van der Waals surface area contributed by atoms with E-state index in [0.29, 0.717) is 6.54 Å². The maximum absolute atomic E-state index is 11.9. The van der Waals surface area contributed by atoms with Crippen molar-refractivity contribution in [2.24, 2.45) is 0 Å². The van der Waals surface area contributed by atoms with Gasteiger partial charge in [0.25, 0.3) is 0 Å². The quantitative estimate of drug-likeness (QED) is 0.688. The lowest BCUT2D eigenvalue weighted by Gasteiger charge is -2.34. The molecule has 0 saturated carbocycles. The number of rotatable bonds is 0. The van der Waals surface area contributed by atoms with E-state index in [-0.39, 0.29) is 11.7 Å². The monoisotopic (exact) mass is 242 g/mol. The predicted molar refractivity (Wildman–Crippen MR) is 64.0 cm³/mol. The fraction of sp³-hybridized carbons (Fsp3) is 0.917. The largest absolute Gasteiger partial charge is 0.444 e. The van der Waals surface area contributed by atoms with E-state index < -0.39 is 5.60 Å². The summed E-state index contributed by atoms with van der Waals surface area (Å²) in [5.74, 6) is 0. The van der Waals surface area contributed by atoms with E-state index in [9.17, 15) is 4.79 Å². The third-order valence-electron chi connectivity index (χ3n) is 3.10. The molecule has 1 atom stereocenters. The minimum Gasteiger partial charge on any atom is -0.444 e. The van der Waals surface area contributed by atoms with E-state index in [2.05, 4.69) is 5.32 Å². The topological polar surface area (TPSA) is 50.8 Å². The van der Waals surface area contributed by atoms with Crippen molar-refractivity contribution >= 4 is 6.09 Å². The van der Waals surface area contributed by atoms with Gasteiger partial charge < -0.3 is 19.7 Å². The van der Waals surface area contributed by atoms with Crippen molar-refractivity contribution in [1.29, 1.82) is 0 Å². The van der Waals surface area contributed by atoms with Crippen molar-refractivity contribution in [3.63, 3.8) is 0 Å². The lowest BCUT2D eigenvalue weighted by Crippen LogP contribution is -2.52. The molecule has 17 heavy (non-hydrogen) atoms. The molecule has 98 valence electrons.